The zero-order valence-corrected chi connectivity index (χ0v) is 11.3. The normalized spacial score (nSPS) is 13.2. The Kier molecular flexibility index (Phi) is 5.23. The molecule has 13 heavy (non-hydrogen) atoms. The molecular weight excluding hydrogens is 169 g/mol. The van der Waals surface area contributed by atoms with Crippen LogP contribution in [0.3, 0.4) is 0 Å². The van der Waals surface area contributed by atoms with E-state index < -0.39 is 0 Å². The Morgan fingerprint density at radius 1 is 1.15 bits per heavy atom. The number of hydrogen-bond donors (Lipinski definition) is 1. The van der Waals surface area contributed by atoms with Crippen molar-refractivity contribution >= 4 is 5.69 Å². The van der Waals surface area contributed by atoms with Crippen LogP contribution in [0.2, 0.25) is 0 Å². The molecule has 1 nitrogen and oxygen atoms in total. The summed E-state index contributed by atoms with van der Waals surface area (Å²) in [7, 11) is 2.19. The Morgan fingerprint density at radius 3 is 2.00 bits per heavy atom. The molecule has 0 spiro atoms. The van der Waals surface area contributed by atoms with E-state index in [2.05, 4.69) is 46.0 Å². The van der Waals surface area contributed by atoms with Crippen LogP contribution in [0.1, 0.15) is 20.8 Å². The van der Waals surface area contributed by atoms with E-state index in [1.54, 1.807) is 0 Å². The Bertz CT molecular complexity index is 238. The van der Waals surface area contributed by atoms with E-state index >= 15 is 0 Å². The van der Waals surface area contributed by atoms with Gasteiger partial charge in [0.25, 0.3) is 0 Å². The fraction of sp³-hybridized carbons (Fsp3) is 0.455. The molecular formula is C11H17NNa+. The van der Waals surface area contributed by atoms with Crippen molar-refractivity contribution in [3.63, 3.8) is 0 Å². The quantitative estimate of drug-likeness (QED) is 0.399. The van der Waals surface area contributed by atoms with Crippen LogP contribution in [0, 0.1) is 6.07 Å². The molecule has 1 rings (SSSR count). The molecule has 0 saturated heterocycles. The molecule has 1 unspecified atom stereocenters. The van der Waals surface area contributed by atoms with Gasteiger partial charge in [0.2, 0.25) is 0 Å². The van der Waals surface area contributed by atoms with Crippen molar-refractivity contribution in [1.82, 2.24) is 0 Å². The molecule has 2 heteroatoms. The van der Waals surface area contributed by atoms with Crippen LogP contribution in [0.25, 0.3) is 0 Å². The number of benzene rings is 1. The Hall–Kier alpha value is 0.180. The molecule has 0 aliphatic rings. The van der Waals surface area contributed by atoms with E-state index in [0.717, 1.165) is 0 Å². The second kappa shape index (κ2) is 5.16. The van der Waals surface area contributed by atoms with E-state index in [-0.39, 0.29) is 35.1 Å². The summed E-state index contributed by atoms with van der Waals surface area (Å²) in [6.07, 6.45) is 0. The van der Waals surface area contributed by atoms with Gasteiger partial charge in [-0.3, -0.25) is 0 Å². The smallest absolute Gasteiger partial charge is 0.321 e. The van der Waals surface area contributed by atoms with Crippen molar-refractivity contribution in [2.75, 3.05) is 7.05 Å². The van der Waals surface area contributed by atoms with Gasteiger partial charge in [0.1, 0.15) is 0 Å². The van der Waals surface area contributed by atoms with Crippen LogP contribution in [-0.2, 0) is 0 Å². The van der Waals surface area contributed by atoms with E-state index in [1.165, 1.54) is 10.6 Å². The summed E-state index contributed by atoms with van der Waals surface area (Å²) in [6.45, 7) is 6.71. The maximum Gasteiger partial charge on any atom is 1.00 e. The average Bonchev–Trinajstić information content (AvgIpc) is 2.03. The average molecular weight is 186 g/mol. The predicted octanol–water partition coefficient (Wildman–Crippen LogP) is -1.56. The van der Waals surface area contributed by atoms with Crippen LogP contribution in [0.5, 0.6) is 0 Å². The summed E-state index contributed by atoms with van der Waals surface area (Å²) in [6, 6.07) is 11.2. The van der Waals surface area contributed by atoms with Crippen LogP contribution >= 0.6 is 0 Å². The molecule has 0 bridgehead atoms. The number of nitrogens with one attached hydrogen (secondary N) is 1. The second-order valence-electron chi connectivity index (χ2n) is 4.16. The summed E-state index contributed by atoms with van der Waals surface area (Å²) in [5.74, 6) is 0. The van der Waals surface area contributed by atoms with Crippen LogP contribution in [0.15, 0.2) is 24.3 Å². The maximum absolute atomic E-state index is 3.03. The third kappa shape index (κ3) is 3.82. The molecule has 0 saturated carbocycles. The van der Waals surface area contributed by atoms with Gasteiger partial charge < -0.3 is 4.90 Å². The van der Waals surface area contributed by atoms with Gasteiger partial charge in [-0.1, -0.05) is 0 Å². The zero-order chi connectivity index (χ0) is 9.19. The maximum atomic E-state index is 3.03. The van der Waals surface area contributed by atoms with Gasteiger partial charge in [0.05, 0.1) is 12.6 Å². The molecule has 66 valence electrons. The monoisotopic (exact) mass is 186 g/mol. The van der Waals surface area contributed by atoms with Gasteiger partial charge in [-0.2, -0.15) is 18.2 Å². The van der Waals surface area contributed by atoms with Gasteiger partial charge in [0.15, 0.2) is 0 Å². The van der Waals surface area contributed by atoms with Crippen molar-refractivity contribution in [2.45, 2.75) is 26.3 Å². The molecule has 1 aromatic carbocycles. The molecule has 0 aliphatic carbocycles. The first kappa shape index (κ1) is 13.2. The summed E-state index contributed by atoms with van der Waals surface area (Å²) in [5, 5.41) is 0. The third-order valence-electron chi connectivity index (χ3n) is 2.28. The van der Waals surface area contributed by atoms with Gasteiger partial charge in [-0.25, -0.2) is 0 Å². The summed E-state index contributed by atoms with van der Waals surface area (Å²) >= 11 is 0. The first-order valence-corrected chi connectivity index (χ1v) is 4.32. The van der Waals surface area contributed by atoms with E-state index in [4.69, 9.17) is 0 Å². The zero-order valence-electron chi connectivity index (χ0n) is 9.31. The minimum absolute atomic E-state index is 0. The van der Waals surface area contributed by atoms with Crippen molar-refractivity contribution in [2.24, 2.45) is 0 Å². The second-order valence-corrected chi connectivity index (χ2v) is 4.16. The number of quaternary nitrogens is 1. The predicted molar refractivity (Wildman–Crippen MR) is 51.6 cm³/mol. The Labute approximate surface area is 103 Å². The first-order chi connectivity index (χ1) is 5.52. The minimum atomic E-state index is 0. The third-order valence-corrected chi connectivity index (χ3v) is 2.28. The van der Waals surface area contributed by atoms with Gasteiger partial charge in [0, 0.05) is 5.69 Å². The van der Waals surface area contributed by atoms with Crippen molar-refractivity contribution in [1.29, 1.82) is 0 Å². The topological polar surface area (TPSA) is 4.44 Å². The number of rotatable bonds is 1. The molecule has 0 heterocycles. The van der Waals surface area contributed by atoms with E-state index in [1.807, 2.05) is 12.1 Å². The summed E-state index contributed by atoms with van der Waals surface area (Å²) < 4.78 is 0. The molecule has 0 fully saturated rings. The SMILES string of the molecule is C[NH+](c1cc[c-]cc1)C(C)(C)C.[Na+]. The van der Waals surface area contributed by atoms with Gasteiger partial charge in [-0.05, 0) is 20.8 Å². The molecule has 0 radical (unpaired) electrons. The van der Waals surface area contributed by atoms with Crippen molar-refractivity contribution in [3.05, 3.63) is 30.3 Å². The molecule has 1 atom stereocenters. The largest absolute Gasteiger partial charge is 1.00 e. The fourth-order valence-corrected chi connectivity index (χ4v) is 1.07. The van der Waals surface area contributed by atoms with Crippen LogP contribution < -0.4 is 34.5 Å². The van der Waals surface area contributed by atoms with Gasteiger partial charge in [-0.15, -0.1) is 12.1 Å². The molecule has 0 aliphatic heterocycles. The Balaban J connectivity index is 0.00000144. The first-order valence-electron chi connectivity index (χ1n) is 4.32. The Morgan fingerprint density at radius 2 is 1.62 bits per heavy atom. The van der Waals surface area contributed by atoms with Crippen LogP contribution in [-0.4, -0.2) is 12.6 Å². The molecule has 0 amide bonds. The van der Waals surface area contributed by atoms with Crippen LogP contribution in [0.4, 0.5) is 5.69 Å². The number of hydrogen-bond acceptors (Lipinski definition) is 0. The summed E-state index contributed by atoms with van der Waals surface area (Å²) in [4.78, 5) is 1.43. The molecule has 1 aromatic rings. The summed E-state index contributed by atoms with van der Waals surface area (Å²) in [5.41, 5.74) is 1.59. The molecule has 1 N–H and O–H groups in total. The van der Waals surface area contributed by atoms with E-state index in [0.29, 0.717) is 0 Å². The molecule has 0 aromatic heterocycles. The minimum Gasteiger partial charge on any atom is -0.321 e. The fourth-order valence-electron chi connectivity index (χ4n) is 1.07. The van der Waals surface area contributed by atoms with Crippen molar-refractivity contribution < 1.29 is 34.5 Å². The van der Waals surface area contributed by atoms with E-state index in [9.17, 15) is 0 Å². The van der Waals surface area contributed by atoms with Crippen molar-refractivity contribution in [3.8, 4) is 0 Å². The van der Waals surface area contributed by atoms with Gasteiger partial charge >= 0.3 is 29.6 Å². The standard InChI is InChI=1S/C11H16N.Na/c1-11(2,3)12(4)10-8-6-5-7-9-10;/h6-9H,1-4H3;/q-1;+1/p+1.